The van der Waals surface area contributed by atoms with Gasteiger partial charge < -0.3 is 9.47 Å². The first-order valence-corrected chi connectivity index (χ1v) is 10.1. The standard InChI is InChI=1S/C22H23NO6/c1-13-5-3-4-10-22-20(2,15-11-17(19(25)29-22)21(13,22)12-15)28-18(24)14-6-8-16(9-7-14)23(26)27/h4,6-10,13,15,17H,3,5,11-12H2,1-2H3/t13-,15+,17+,20+,21-,22+/m1/s1. The molecular formula is C22H23NO6. The van der Waals surface area contributed by atoms with Crippen molar-refractivity contribution in [2.24, 2.45) is 23.2 Å². The molecule has 7 nitrogen and oxygen atoms in total. The van der Waals surface area contributed by atoms with Crippen LogP contribution in [0.2, 0.25) is 0 Å². The SMILES string of the molecule is C[C@@H]1CCC=C[C@@]23OC(=O)[C@@H]4C[C@@H](C[C@@]142)[C@]3(C)OC(=O)c1ccc([N+](=O)[O-])cc1. The third-order valence-corrected chi connectivity index (χ3v) is 8.10. The first-order chi connectivity index (χ1) is 13.7. The molecule has 1 aliphatic heterocycles. The van der Waals surface area contributed by atoms with Gasteiger partial charge in [-0.15, -0.1) is 0 Å². The van der Waals surface area contributed by atoms with Crippen LogP contribution in [-0.2, 0) is 14.3 Å². The summed E-state index contributed by atoms with van der Waals surface area (Å²) in [5.41, 5.74) is -2.10. The van der Waals surface area contributed by atoms with E-state index in [1.807, 2.05) is 13.0 Å². The van der Waals surface area contributed by atoms with Gasteiger partial charge in [-0.05, 0) is 56.7 Å². The highest BCUT2D eigenvalue weighted by Gasteiger charge is 2.85. The predicted octanol–water partition coefficient (Wildman–Crippen LogP) is 3.82. The minimum Gasteiger partial charge on any atom is -0.451 e. The van der Waals surface area contributed by atoms with E-state index in [0.717, 1.165) is 19.3 Å². The van der Waals surface area contributed by atoms with Crippen LogP contribution >= 0.6 is 0 Å². The number of hydrogen-bond acceptors (Lipinski definition) is 6. The minimum atomic E-state index is -0.969. The van der Waals surface area contributed by atoms with Crippen LogP contribution in [0, 0.1) is 33.3 Å². The Hall–Kier alpha value is -2.70. The molecule has 2 saturated carbocycles. The van der Waals surface area contributed by atoms with Gasteiger partial charge in [-0.1, -0.05) is 13.0 Å². The normalized spacial score (nSPS) is 41.6. The van der Waals surface area contributed by atoms with Crippen molar-refractivity contribution < 1.29 is 24.0 Å². The number of allylic oxidation sites excluding steroid dienone is 1. The van der Waals surface area contributed by atoms with E-state index >= 15 is 0 Å². The smallest absolute Gasteiger partial charge is 0.338 e. The second-order valence-electron chi connectivity index (χ2n) is 9.07. The van der Waals surface area contributed by atoms with Crippen molar-refractivity contribution in [2.45, 2.75) is 50.7 Å². The van der Waals surface area contributed by atoms with Gasteiger partial charge >= 0.3 is 11.9 Å². The highest BCUT2D eigenvalue weighted by atomic mass is 16.6. The molecule has 4 aliphatic rings. The van der Waals surface area contributed by atoms with Crippen molar-refractivity contribution in [3.05, 3.63) is 52.1 Å². The highest BCUT2D eigenvalue weighted by Crippen LogP contribution is 2.76. The number of benzene rings is 1. The molecule has 0 radical (unpaired) electrons. The zero-order valence-electron chi connectivity index (χ0n) is 16.4. The number of esters is 2. The van der Waals surface area contributed by atoms with Crippen molar-refractivity contribution in [1.29, 1.82) is 0 Å². The van der Waals surface area contributed by atoms with Gasteiger partial charge in [0.2, 0.25) is 0 Å². The lowest BCUT2D eigenvalue weighted by Crippen LogP contribution is -2.62. The Labute approximate surface area is 168 Å². The van der Waals surface area contributed by atoms with Crippen molar-refractivity contribution >= 4 is 17.6 Å². The van der Waals surface area contributed by atoms with Crippen LogP contribution in [0.5, 0.6) is 0 Å². The van der Waals surface area contributed by atoms with Gasteiger partial charge in [0, 0.05) is 23.5 Å². The lowest BCUT2D eigenvalue weighted by Gasteiger charge is -2.50. The summed E-state index contributed by atoms with van der Waals surface area (Å²) in [6.07, 6.45) is 7.40. The number of nitro groups is 1. The van der Waals surface area contributed by atoms with Crippen LogP contribution in [0.3, 0.4) is 0 Å². The van der Waals surface area contributed by atoms with E-state index in [1.54, 1.807) is 0 Å². The molecule has 1 aromatic rings. The Morgan fingerprint density at radius 3 is 2.72 bits per heavy atom. The summed E-state index contributed by atoms with van der Waals surface area (Å²) in [6.45, 7) is 4.07. The Bertz CT molecular complexity index is 955. The third-order valence-electron chi connectivity index (χ3n) is 8.10. The van der Waals surface area contributed by atoms with Crippen LogP contribution < -0.4 is 0 Å². The molecule has 0 aromatic heterocycles. The van der Waals surface area contributed by atoms with E-state index in [-0.39, 0.29) is 40.4 Å². The minimum absolute atomic E-state index is 0.0335. The number of nitrogens with zero attached hydrogens (tertiary/aromatic N) is 1. The molecule has 29 heavy (non-hydrogen) atoms. The molecule has 1 heterocycles. The van der Waals surface area contributed by atoms with Crippen LogP contribution in [0.25, 0.3) is 0 Å². The molecule has 5 rings (SSSR count). The first kappa shape index (κ1) is 18.3. The molecule has 7 heteroatoms. The fourth-order valence-electron chi connectivity index (χ4n) is 6.70. The van der Waals surface area contributed by atoms with Gasteiger partial charge in [0.15, 0.2) is 11.2 Å². The largest absolute Gasteiger partial charge is 0.451 e. The van der Waals surface area contributed by atoms with Crippen molar-refractivity contribution in [3.63, 3.8) is 0 Å². The van der Waals surface area contributed by atoms with Crippen LogP contribution in [0.1, 0.15) is 49.9 Å². The number of carbonyl (C=O) groups is 2. The molecule has 1 aromatic carbocycles. The number of nitro benzene ring substituents is 1. The summed E-state index contributed by atoms with van der Waals surface area (Å²) in [5, 5.41) is 10.9. The molecule has 3 fully saturated rings. The predicted molar refractivity (Wildman–Crippen MR) is 102 cm³/mol. The van der Waals surface area contributed by atoms with E-state index in [9.17, 15) is 19.7 Å². The van der Waals surface area contributed by atoms with Crippen molar-refractivity contribution in [3.8, 4) is 0 Å². The summed E-state index contributed by atoms with van der Waals surface area (Å²) in [6, 6.07) is 5.39. The van der Waals surface area contributed by atoms with Gasteiger partial charge in [-0.3, -0.25) is 14.9 Å². The number of non-ortho nitro benzene ring substituents is 1. The molecule has 0 N–H and O–H groups in total. The maximum Gasteiger partial charge on any atom is 0.338 e. The number of fused-ring (bicyclic) bond motifs is 1. The summed E-state index contributed by atoms with van der Waals surface area (Å²) in [4.78, 5) is 36.1. The molecule has 2 bridgehead atoms. The monoisotopic (exact) mass is 397 g/mol. The van der Waals surface area contributed by atoms with E-state index in [0.29, 0.717) is 6.42 Å². The summed E-state index contributed by atoms with van der Waals surface area (Å²) < 4.78 is 12.2. The second-order valence-corrected chi connectivity index (χ2v) is 9.07. The third kappa shape index (κ3) is 2.03. The Kier molecular flexibility index (Phi) is 3.59. The van der Waals surface area contributed by atoms with Crippen LogP contribution in [-0.4, -0.2) is 28.1 Å². The second kappa shape index (κ2) is 5.68. The molecule has 6 atom stereocenters. The Morgan fingerprint density at radius 2 is 2.03 bits per heavy atom. The summed E-state index contributed by atoms with van der Waals surface area (Å²) >= 11 is 0. The summed E-state index contributed by atoms with van der Waals surface area (Å²) in [5.74, 6) is -0.563. The Balaban J connectivity index is 1.54. The average Bonchev–Trinajstić information content (AvgIpc) is 3.21. The van der Waals surface area contributed by atoms with Gasteiger partial charge in [-0.25, -0.2) is 4.79 Å². The lowest BCUT2D eigenvalue weighted by molar-refractivity contribution is -0.384. The number of hydrogen-bond donors (Lipinski definition) is 0. The number of rotatable bonds is 3. The number of carbonyl (C=O) groups excluding carboxylic acids is 2. The first-order valence-electron chi connectivity index (χ1n) is 10.1. The van der Waals surface area contributed by atoms with E-state index in [1.165, 1.54) is 24.3 Å². The quantitative estimate of drug-likeness (QED) is 0.333. The topological polar surface area (TPSA) is 95.7 Å². The average molecular weight is 397 g/mol. The van der Waals surface area contributed by atoms with Gasteiger partial charge in [0.05, 0.1) is 16.4 Å². The fraction of sp³-hybridized carbons (Fsp3) is 0.545. The van der Waals surface area contributed by atoms with Crippen LogP contribution in [0.15, 0.2) is 36.4 Å². The molecular weight excluding hydrogens is 374 g/mol. The van der Waals surface area contributed by atoms with Gasteiger partial charge in [-0.2, -0.15) is 0 Å². The molecule has 152 valence electrons. The lowest BCUT2D eigenvalue weighted by atomic mass is 9.57. The molecule has 3 aliphatic carbocycles. The maximum atomic E-state index is 13.0. The number of ether oxygens (including phenoxy) is 2. The Morgan fingerprint density at radius 1 is 1.31 bits per heavy atom. The zero-order valence-corrected chi connectivity index (χ0v) is 16.4. The van der Waals surface area contributed by atoms with E-state index in [4.69, 9.17) is 9.47 Å². The summed E-state index contributed by atoms with van der Waals surface area (Å²) in [7, 11) is 0. The van der Waals surface area contributed by atoms with Gasteiger partial charge in [0.25, 0.3) is 5.69 Å². The van der Waals surface area contributed by atoms with Crippen LogP contribution in [0.4, 0.5) is 5.69 Å². The van der Waals surface area contributed by atoms with Gasteiger partial charge in [0.1, 0.15) is 0 Å². The maximum absolute atomic E-state index is 13.0. The fourth-order valence-corrected chi connectivity index (χ4v) is 6.70. The van der Waals surface area contributed by atoms with Crippen molar-refractivity contribution in [1.82, 2.24) is 0 Å². The molecule has 1 saturated heterocycles. The molecule has 0 amide bonds. The zero-order chi connectivity index (χ0) is 20.6. The van der Waals surface area contributed by atoms with Crippen molar-refractivity contribution in [2.75, 3.05) is 0 Å². The molecule has 1 spiro atoms. The molecule has 0 unspecified atom stereocenters. The highest BCUT2D eigenvalue weighted by molar-refractivity contribution is 5.90. The van der Waals surface area contributed by atoms with E-state index in [2.05, 4.69) is 13.0 Å². The van der Waals surface area contributed by atoms with E-state index < -0.39 is 22.1 Å².